The van der Waals surface area contributed by atoms with E-state index in [1.54, 1.807) is 6.92 Å². The van der Waals surface area contributed by atoms with Crippen LogP contribution in [-0.4, -0.2) is 18.3 Å². The van der Waals surface area contributed by atoms with E-state index in [1.807, 2.05) is 0 Å². The van der Waals surface area contributed by atoms with Crippen LogP contribution in [0.1, 0.15) is 24.5 Å². The Morgan fingerprint density at radius 2 is 2.07 bits per heavy atom. The van der Waals surface area contributed by atoms with Gasteiger partial charge in [-0.2, -0.15) is 0 Å². The molecule has 0 aliphatic heterocycles. The third kappa shape index (κ3) is 3.16. The van der Waals surface area contributed by atoms with Gasteiger partial charge >= 0.3 is 0 Å². The van der Waals surface area contributed by atoms with Crippen molar-refractivity contribution < 1.29 is 18.6 Å². The Hall–Kier alpha value is -1.16. The van der Waals surface area contributed by atoms with Crippen LogP contribution in [0.25, 0.3) is 0 Å². The van der Waals surface area contributed by atoms with Crippen molar-refractivity contribution in [2.24, 2.45) is 0 Å². The summed E-state index contributed by atoms with van der Waals surface area (Å²) >= 11 is 0. The molecule has 1 rings (SSSR count). The van der Waals surface area contributed by atoms with Gasteiger partial charge in [0.15, 0.2) is 0 Å². The van der Waals surface area contributed by atoms with E-state index in [0.717, 1.165) is 0 Å². The summed E-state index contributed by atoms with van der Waals surface area (Å²) in [7, 11) is 1.48. The molecule has 0 bridgehead atoms. The van der Waals surface area contributed by atoms with Crippen molar-refractivity contribution in [1.29, 1.82) is 0 Å². The smallest absolute Gasteiger partial charge is 0.263 e. The summed E-state index contributed by atoms with van der Waals surface area (Å²) in [5.74, 6) is 0.528. The first-order chi connectivity index (χ1) is 7.04. The topological polar surface area (TPSA) is 29.5 Å². The Bertz CT molecular complexity index is 324. The van der Waals surface area contributed by atoms with E-state index in [2.05, 4.69) is 0 Å². The van der Waals surface area contributed by atoms with Gasteiger partial charge in [0.25, 0.3) is 6.43 Å². The van der Waals surface area contributed by atoms with Gasteiger partial charge in [-0.15, -0.1) is 0 Å². The quantitative estimate of drug-likeness (QED) is 0.838. The van der Waals surface area contributed by atoms with Crippen LogP contribution in [0.15, 0.2) is 18.2 Å². The number of alkyl halides is 2. The largest absolute Gasteiger partial charge is 0.496 e. The fraction of sp³-hybridized carbons (Fsp3) is 0.455. The van der Waals surface area contributed by atoms with E-state index in [9.17, 15) is 13.9 Å². The number of benzene rings is 1. The third-order valence-corrected chi connectivity index (χ3v) is 2.07. The molecule has 1 atom stereocenters. The lowest BCUT2D eigenvalue weighted by atomic mass is 10.0. The zero-order valence-electron chi connectivity index (χ0n) is 8.71. The van der Waals surface area contributed by atoms with Crippen LogP contribution in [-0.2, 0) is 6.42 Å². The normalized spacial score (nSPS) is 12.9. The predicted octanol–water partition coefficient (Wildman–Crippen LogP) is 2.56. The van der Waals surface area contributed by atoms with Gasteiger partial charge in [0.05, 0.1) is 13.2 Å². The minimum atomic E-state index is -2.50. The van der Waals surface area contributed by atoms with E-state index < -0.39 is 12.5 Å². The van der Waals surface area contributed by atoms with Crippen LogP contribution in [0.4, 0.5) is 8.78 Å². The molecule has 0 aromatic heterocycles. The van der Waals surface area contributed by atoms with Crippen molar-refractivity contribution in [3.63, 3.8) is 0 Å². The molecule has 4 heteroatoms. The Morgan fingerprint density at radius 3 is 2.53 bits per heavy atom. The van der Waals surface area contributed by atoms with E-state index in [0.29, 0.717) is 17.7 Å². The first kappa shape index (κ1) is 11.9. The van der Waals surface area contributed by atoms with Gasteiger partial charge in [-0.05, 0) is 30.7 Å². The summed E-state index contributed by atoms with van der Waals surface area (Å²) < 4.78 is 29.9. The van der Waals surface area contributed by atoms with E-state index in [-0.39, 0.29) is 5.56 Å². The Labute approximate surface area is 87.5 Å². The van der Waals surface area contributed by atoms with Crippen LogP contribution >= 0.6 is 0 Å². The summed E-state index contributed by atoms with van der Waals surface area (Å²) in [4.78, 5) is 0. The lowest BCUT2D eigenvalue weighted by Gasteiger charge is -2.11. The highest BCUT2D eigenvalue weighted by molar-refractivity contribution is 5.38. The van der Waals surface area contributed by atoms with Gasteiger partial charge in [-0.1, -0.05) is 0 Å². The Kier molecular flexibility index (Phi) is 4.03. The second-order valence-electron chi connectivity index (χ2n) is 3.43. The second kappa shape index (κ2) is 5.07. The number of methoxy groups -OCH3 is 1. The van der Waals surface area contributed by atoms with E-state index in [1.165, 1.54) is 25.3 Å². The zero-order chi connectivity index (χ0) is 11.4. The molecule has 1 unspecified atom stereocenters. The molecule has 2 nitrogen and oxygen atoms in total. The standard InChI is InChI=1S/C11H14F2O2/c1-7(14)5-9-6-8(11(12)13)3-4-10(9)15-2/h3-4,6-7,11,14H,5H2,1-2H3. The number of rotatable bonds is 4. The summed E-state index contributed by atoms with van der Waals surface area (Å²) in [5, 5.41) is 9.21. The number of hydrogen-bond donors (Lipinski definition) is 1. The fourth-order valence-electron chi connectivity index (χ4n) is 1.41. The van der Waals surface area contributed by atoms with Crippen LogP contribution in [0.5, 0.6) is 5.75 Å². The maximum Gasteiger partial charge on any atom is 0.263 e. The molecular formula is C11H14F2O2. The second-order valence-corrected chi connectivity index (χ2v) is 3.43. The summed E-state index contributed by atoms with van der Waals surface area (Å²) in [6.07, 6.45) is -2.76. The van der Waals surface area contributed by atoms with Crippen molar-refractivity contribution >= 4 is 0 Å². The molecule has 0 aliphatic rings. The predicted molar refractivity (Wildman–Crippen MR) is 53.3 cm³/mol. The van der Waals surface area contributed by atoms with Crippen LogP contribution < -0.4 is 4.74 Å². The molecule has 1 aromatic carbocycles. The van der Waals surface area contributed by atoms with Gasteiger partial charge in [0, 0.05) is 12.0 Å². The zero-order valence-corrected chi connectivity index (χ0v) is 8.71. The van der Waals surface area contributed by atoms with Gasteiger partial charge < -0.3 is 9.84 Å². The van der Waals surface area contributed by atoms with Crippen molar-refractivity contribution in [3.05, 3.63) is 29.3 Å². The minimum Gasteiger partial charge on any atom is -0.496 e. The molecule has 84 valence electrons. The summed E-state index contributed by atoms with van der Waals surface area (Å²) in [5.41, 5.74) is 0.553. The number of aliphatic hydroxyl groups is 1. The SMILES string of the molecule is COc1ccc(C(F)F)cc1CC(C)O. The van der Waals surface area contributed by atoms with Crippen molar-refractivity contribution in [1.82, 2.24) is 0 Å². The molecule has 0 aliphatic carbocycles. The molecule has 0 saturated carbocycles. The highest BCUT2D eigenvalue weighted by atomic mass is 19.3. The third-order valence-electron chi connectivity index (χ3n) is 2.07. The van der Waals surface area contributed by atoms with Crippen molar-refractivity contribution in [2.45, 2.75) is 25.9 Å². The van der Waals surface area contributed by atoms with Gasteiger partial charge in [-0.3, -0.25) is 0 Å². The Morgan fingerprint density at radius 1 is 1.40 bits per heavy atom. The number of halogens is 2. The fourth-order valence-corrected chi connectivity index (χ4v) is 1.41. The summed E-state index contributed by atoms with van der Waals surface area (Å²) in [6.45, 7) is 1.61. The molecule has 0 fully saturated rings. The van der Waals surface area contributed by atoms with Gasteiger partial charge in [0.2, 0.25) is 0 Å². The average molecular weight is 216 g/mol. The lowest BCUT2D eigenvalue weighted by molar-refractivity contribution is 0.151. The lowest BCUT2D eigenvalue weighted by Crippen LogP contribution is -2.06. The van der Waals surface area contributed by atoms with Crippen LogP contribution in [0.2, 0.25) is 0 Å². The van der Waals surface area contributed by atoms with Crippen molar-refractivity contribution in [3.8, 4) is 5.75 Å². The van der Waals surface area contributed by atoms with E-state index in [4.69, 9.17) is 4.74 Å². The minimum absolute atomic E-state index is 0.0496. The molecule has 0 amide bonds. The molecule has 1 N–H and O–H groups in total. The van der Waals surface area contributed by atoms with Gasteiger partial charge in [0.1, 0.15) is 5.75 Å². The maximum absolute atomic E-state index is 12.4. The number of ether oxygens (including phenoxy) is 1. The van der Waals surface area contributed by atoms with E-state index >= 15 is 0 Å². The number of aliphatic hydroxyl groups excluding tert-OH is 1. The monoisotopic (exact) mass is 216 g/mol. The number of hydrogen-bond acceptors (Lipinski definition) is 2. The molecule has 1 aromatic rings. The molecule has 15 heavy (non-hydrogen) atoms. The van der Waals surface area contributed by atoms with Crippen LogP contribution in [0.3, 0.4) is 0 Å². The summed E-state index contributed by atoms with van der Waals surface area (Å²) in [6, 6.07) is 4.20. The molecule has 0 spiro atoms. The average Bonchev–Trinajstić information content (AvgIpc) is 2.16. The maximum atomic E-state index is 12.4. The highest BCUT2D eigenvalue weighted by Crippen LogP contribution is 2.26. The Balaban J connectivity index is 3.02. The first-order valence-electron chi connectivity index (χ1n) is 4.67. The van der Waals surface area contributed by atoms with Gasteiger partial charge in [-0.25, -0.2) is 8.78 Å². The molecular weight excluding hydrogens is 202 g/mol. The first-order valence-corrected chi connectivity index (χ1v) is 4.67. The highest BCUT2D eigenvalue weighted by Gasteiger charge is 2.12. The van der Waals surface area contributed by atoms with Crippen molar-refractivity contribution in [2.75, 3.05) is 7.11 Å². The molecule has 0 heterocycles. The molecule has 0 radical (unpaired) electrons. The molecule has 0 saturated heterocycles. The van der Waals surface area contributed by atoms with Crippen LogP contribution in [0, 0.1) is 0 Å².